The Balaban J connectivity index is 2.15. The molecular weight excluding hydrogens is 264 g/mol. The van der Waals surface area contributed by atoms with Crippen LogP contribution in [0.25, 0.3) is 0 Å². The van der Waals surface area contributed by atoms with Gasteiger partial charge in [0.1, 0.15) is 5.75 Å². The molecule has 1 amide bonds. The van der Waals surface area contributed by atoms with Crippen LogP contribution in [0.15, 0.2) is 18.2 Å². The largest absolute Gasteiger partial charge is 0.494 e. The van der Waals surface area contributed by atoms with Gasteiger partial charge in [-0.25, -0.2) is 0 Å². The van der Waals surface area contributed by atoms with Gasteiger partial charge in [-0.1, -0.05) is 20.3 Å². The fraction of sp³-hybridized carbons (Fsp3) is 0.588. The molecule has 0 bridgehead atoms. The molecule has 2 rings (SSSR count). The minimum absolute atomic E-state index is 0.0939. The number of methoxy groups -OCH3 is 1. The second kappa shape index (κ2) is 6.83. The highest BCUT2D eigenvalue weighted by molar-refractivity contribution is 5.90. The molecule has 2 N–H and O–H groups in total. The number of carbonyl (C=O) groups is 1. The molecule has 4 heteroatoms. The summed E-state index contributed by atoms with van der Waals surface area (Å²) in [6, 6.07) is 6.34. The third kappa shape index (κ3) is 3.90. The van der Waals surface area contributed by atoms with Crippen LogP contribution in [0.1, 0.15) is 40.0 Å². The zero-order valence-corrected chi connectivity index (χ0v) is 13.4. The van der Waals surface area contributed by atoms with Gasteiger partial charge >= 0.3 is 0 Å². The first-order valence-corrected chi connectivity index (χ1v) is 7.73. The van der Waals surface area contributed by atoms with E-state index in [2.05, 4.69) is 24.5 Å². The number of amides is 1. The average molecular weight is 290 g/mol. The monoisotopic (exact) mass is 290 g/mol. The Labute approximate surface area is 127 Å². The molecule has 0 saturated heterocycles. The van der Waals surface area contributed by atoms with Crippen molar-refractivity contribution >= 4 is 17.3 Å². The molecule has 4 nitrogen and oxygen atoms in total. The van der Waals surface area contributed by atoms with Crippen molar-refractivity contribution in [3.63, 3.8) is 0 Å². The minimum Gasteiger partial charge on any atom is -0.494 e. The van der Waals surface area contributed by atoms with Crippen LogP contribution in [0.4, 0.5) is 11.4 Å². The second-order valence-corrected chi connectivity index (χ2v) is 6.15. The maximum Gasteiger partial charge on any atom is 0.221 e. The van der Waals surface area contributed by atoms with E-state index in [1.807, 2.05) is 18.2 Å². The average Bonchev–Trinajstić information content (AvgIpc) is 2.44. The van der Waals surface area contributed by atoms with E-state index in [1.165, 1.54) is 26.2 Å². The van der Waals surface area contributed by atoms with Gasteiger partial charge in [-0.05, 0) is 36.8 Å². The van der Waals surface area contributed by atoms with Crippen molar-refractivity contribution in [2.45, 2.75) is 46.1 Å². The standard InChI is InChI=1S/C17H26N2O2/c1-11-6-5-7-12(2)17(11)19-14-8-9-15(18-13(3)20)16(10-14)21-4/h8-12,17,19H,5-7H2,1-4H3,(H,18,20). The van der Waals surface area contributed by atoms with Crippen molar-refractivity contribution in [2.24, 2.45) is 11.8 Å². The number of carbonyl (C=O) groups excluding carboxylic acids is 1. The molecule has 1 aromatic rings. The maximum atomic E-state index is 11.2. The third-order valence-corrected chi connectivity index (χ3v) is 4.39. The van der Waals surface area contributed by atoms with Crippen LogP contribution in [-0.2, 0) is 4.79 Å². The highest BCUT2D eigenvalue weighted by Gasteiger charge is 2.27. The lowest BCUT2D eigenvalue weighted by molar-refractivity contribution is -0.114. The topological polar surface area (TPSA) is 50.4 Å². The molecule has 2 atom stereocenters. The molecule has 0 spiro atoms. The Morgan fingerprint density at radius 3 is 2.48 bits per heavy atom. The Bertz CT molecular complexity index is 492. The van der Waals surface area contributed by atoms with Gasteiger partial charge in [-0.15, -0.1) is 0 Å². The summed E-state index contributed by atoms with van der Waals surface area (Å²) < 4.78 is 5.38. The summed E-state index contributed by atoms with van der Waals surface area (Å²) in [5, 5.41) is 6.42. The van der Waals surface area contributed by atoms with Crippen LogP contribution in [0, 0.1) is 11.8 Å². The molecule has 21 heavy (non-hydrogen) atoms. The summed E-state index contributed by atoms with van der Waals surface area (Å²) in [6.45, 7) is 6.13. The summed E-state index contributed by atoms with van der Waals surface area (Å²) in [5.74, 6) is 1.94. The Hall–Kier alpha value is -1.71. The van der Waals surface area contributed by atoms with E-state index in [0.717, 1.165) is 5.69 Å². The van der Waals surface area contributed by atoms with Gasteiger partial charge in [0, 0.05) is 24.7 Å². The fourth-order valence-corrected chi connectivity index (χ4v) is 3.23. The van der Waals surface area contributed by atoms with E-state index in [1.54, 1.807) is 7.11 Å². The van der Waals surface area contributed by atoms with Gasteiger partial charge < -0.3 is 15.4 Å². The first kappa shape index (κ1) is 15.7. The Morgan fingerprint density at radius 2 is 1.90 bits per heavy atom. The molecule has 116 valence electrons. The van der Waals surface area contributed by atoms with Gasteiger partial charge in [0.05, 0.1) is 12.8 Å². The van der Waals surface area contributed by atoms with Crippen molar-refractivity contribution < 1.29 is 9.53 Å². The quantitative estimate of drug-likeness (QED) is 0.884. The molecule has 0 aliphatic heterocycles. The van der Waals surface area contributed by atoms with Crippen molar-refractivity contribution in [1.29, 1.82) is 0 Å². The SMILES string of the molecule is COc1cc(NC2C(C)CCCC2C)ccc1NC(C)=O. The molecular formula is C17H26N2O2. The zero-order chi connectivity index (χ0) is 15.4. The highest BCUT2D eigenvalue weighted by atomic mass is 16.5. The smallest absolute Gasteiger partial charge is 0.221 e. The molecule has 0 radical (unpaired) electrons. The van der Waals surface area contributed by atoms with E-state index in [-0.39, 0.29) is 5.91 Å². The molecule has 1 aliphatic carbocycles. The van der Waals surface area contributed by atoms with Crippen molar-refractivity contribution in [1.82, 2.24) is 0 Å². The van der Waals surface area contributed by atoms with Crippen molar-refractivity contribution in [3.8, 4) is 5.75 Å². The van der Waals surface area contributed by atoms with Crippen LogP contribution in [-0.4, -0.2) is 19.1 Å². The summed E-state index contributed by atoms with van der Waals surface area (Å²) in [6.07, 6.45) is 3.89. The van der Waals surface area contributed by atoms with Gasteiger partial charge in [-0.3, -0.25) is 4.79 Å². The van der Waals surface area contributed by atoms with Gasteiger partial charge in [0.15, 0.2) is 0 Å². The molecule has 0 heterocycles. The van der Waals surface area contributed by atoms with Crippen LogP contribution < -0.4 is 15.4 Å². The van der Waals surface area contributed by atoms with Gasteiger partial charge in [0.2, 0.25) is 5.91 Å². The van der Waals surface area contributed by atoms with E-state index in [0.29, 0.717) is 29.3 Å². The predicted molar refractivity (Wildman–Crippen MR) is 86.9 cm³/mol. The second-order valence-electron chi connectivity index (χ2n) is 6.15. The molecule has 0 aromatic heterocycles. The van der Waals surface area contributed by atoms with Gasteiger partial charge in [-0.2, -0.15) is 0 Å². The highest BCUT2D eigenvalue weighted by Crippen LogP contribution is 2.33. The molecule has 1 saturated carbocycles. The predicted octanol–water partition coefficient (Wildman–Crippen LogP) is 3.89. The number of benzene rings is 1. The fourth-order valence-electron chi connectivity index (χ4n) is 3.23. The summed E-state index contributed by atoms with van der Waals surface area (Å²) >= 11 is 0. The van der Waals surface area contributed by atoms with E-state index < -0.39 is 0 Å². The van der Waals surface area contributed by atoms with Crippen LogP contribution in [0.5, 0.6) is 5.75 Å². The number of hydrogen-bond acceptors (Lipinski definition) is 3. The number of rotatable bonds is 4. The molecule has 1 aliphatic rings. The number of ether oxygens (including phenoxy) is 1. The van der Waals surface area contributed by atoms with Crippen molar-refractivity contribution in [3.05, 3.63) is 18.2 Å². The first-order valence-electron chi connectivity index (χ1n) is 7.73. The van der Waals surface area contributed by atoms with E-state index >= 15 is 0 Å². The lowest BCUT2D eigenvalue weighted by atomic mass is 9.78. The first-order chi connectivity index (χ1) is 10.0. The van der Waals surface area contributed by atoms with Crippen LogP contribution in [0.3, 0.4) is 0 Å². The Morgan fingerprint density at radius 1 is 1.24 bits per heavy atom. The zero-order valence-electron chi connectivity index (χ0n) is 13.4. The molecule has 1 aromatic carbocycles. The third-order valence-electron chi connectivity index (χ3n) is 4.39. The lowest BCUT2D eigenvalue weighted by Crippen LogP contribution is -2.37. The van der Waals surface area contributed by atoms with Crippen molar-refractivity contribution in [2.75, 3.05) is 17.7 Å². The summed E-state index contributed by atoms with van der Waals surface area (Å²) in [4.78, 5) is 11.2. The van der Waals surface area contributed by atoms with Crippen LogP contribution >= 0.6 is 0 Å². The normalized spacial score (nSPS) is 25.2. The number of nitrogens with one attached hydrogen (secondary N) is 2. The lowest BCUT2D eigenvalue weighted by Gasteiger charge is -2.36. The van der Waals surface area contributed by atoms with E-state index in [9.17, 15) is 4.79 Å². The van der Waals surface area contributed by atoms with Gasteiger partial charge in [0.25, 0.3) is 0 Å². The summed E-state index contributed by atoms with van der Waals surface area (Å²) in [7, 11) is 1.62. The van der Waals surface area contributed by atoms with Crippen LogP contribution in [0.2, 0.25) is 0 Å². The number of hydrogen-bond donors (Lipinski definition) is 2. The minimum atomic E-state index is -0.0939. The van der Waals surface area contributed by atoms with E-state index in [4.69, 9.17) is 4.74 Å². The molecule has 2 unspecified atom stereocenters. The molecule has 1 fully saturated rings. The number of anilines is 2. The Kier molecular flexibility index (Phi) is 5.10. The summed E-state index contributed by atoms with van der Waals surface area (Å²) in [5.41, 5.74) is 1.76. The maximum absolute atomic E-state index is 11.2.